The quantitative estimate of drug-likeness (QED) is 0.645. The molecule has 0 atom stereocenters. The summed E-state index contributed by atoms with van der Waals surface area (Å²) >= 11 is 3.66. The summed E-state index contributed by atoms with van der Waals surface area (Å²) in [6.45, 7) is 4.06. The first-order chi connectivity index (χ1) is 9.22. The van der Waals surface area contributed by atoms with Crippen LogP contribution in [0, 0.1) is 0 Å². The maximum absolute atomic E-state index is 4.26. The molecule has 4 heteroatoms. The lowest BCUT2D eigenvalue weighted by atomic mass is 9.96. The Morgan fingerprint density at radius 2 is 2.05 bits per heavy atom. The molecule has 1 aromatic rings. The lowest BCUT2D eigenvalue weighted by Gasteiger charge is -2.20. The highest BCUT2D eigenvalue weighted by molar-refractivity contribution is 9.10. The van der Waals surface area contributed by atoms with Gasteiger partial charge < -0.3 is 10.6 Å². The molecule has 1 aliphatic carbocycles. The summed E-state index contributed by atoms with van der Waals surface area (Å²) in [5, 5.41) is 6.76. The smallest absolute Gasteiger partial charge is 0.191 e. The molecule has 1 saturated carbocycles. The summed E-state index contributed by atoms with van der Waals surface area (Å²) in [4.78, 5) is 4.26. The fourth-order valence-electron chi connectivity index (χ4n) is 2.30. The summed E-state index contributed by atoms with van der Waals surface area (Å²) in [6, 6.07) is 8.53. The maximum atomic E-state index is 4.26. The average Bonchev–Trinajstić information content (AvgIpc) is 3.20. The number of aliphatic imine (C=N–C) groups is 1. The van der Waals surface area contributed by atoms with E-state index in [-0.39, 0.29) is 5.41 Å². The fraction of sp³-hybridized carbons (Fsp3) is 0.533. The Morgan fingerprint density at radius 1 is 1.32 bits per heavy atom. The summed E-state index contributed by atoms with van der Waals surface area (Å²) < 4.78 is 1.21. The number of hydrogen-bond acceptors (Lipinski definition) is 1. The predicted molar refractivity (Wildman–Crippen MR) is 84.7 cm³/mol. The van der Waals surface area contributed by atoms with E-state index in [1.165, 1.54) is 22.9 Å². The van der Waals surface area contributed by atoms with Gasteiger partial charge in [0.15, 0.2) is 5.96 Å². The van der Waals surface area contributed by atoms with E-state index in [4.69, 9.17) is 0 Å². The minimum atomic E-state index is 0.282. The van der Waals surface area contributed by atoms with Gasteiger partial charge in [-0.05, 0) is 30.9 Å². The van der Waals surface area contributed by atoms with E-state index in [1.54, 1.807) is 0 Å². The van der Waals surface area contributed by atoms with Crippen LogP contribution in [0.4, 0.5) is 0 Å². The first kappa shape index (κ1) is 14.4. The molecule has 0 radical (unpaired) electrons. The Labute approximate surface area is 124 Å². The number of benzene rings is 1. The van der Waals surface area contributed by atoms with Crippen molar-refractivity contribution in [3.8, 4) is 0 Å². The van der Waals surface area contributed by atoms with Crippen molar-refractivity contribution >= 4 is 21.9 Å². The van der Waals surface area contributed by atoms with Crippen LogP contribution in [0.3, 0.4) is 0 Å². The highest BCUT2D eigenvalue weighted by Crippen LogP contribution is 2.49. The molecule has 2 N–H and O–H groups in total. The van der Waals surface area contributed by atoms with Crippen LogP contribution >= 0.6 is 15.9 Å². The highest BCUT2D eigenvalue weighted by atomic mass is 79.9. The standard InChI is InChI=1S/C15H22BrN3/c1-3-10-18-14(17-2)19-11-15(8-9-15)12-6-4-5-7-13(12)16/h4-7H,3,8-11H2,1-2H3,(H2,17,18,19). The van der Waals surface area contributed by atoms with Crippen LogP contribution in [0.25, 0.3) is 0 Å². The van der Waals surface area contributed by atoms with Gasteiger partial charge in [0.25, 0.3) is 0 Å². The number of halogens is 1. The minimum absolute atomic E-state index is 0.282. The average molecular weight is 324 g/mol. The molecular formula is C15H22BrN3. The van der Waals surface area contributed by atoms with Crippen molar-refractivity contribution in [3.05, 3.63) is 34.3 Å². The zero-order valence-corrected chi connectivity index (χ0v) is 13.3. The number of nitrogens with one attached hydrogen (secondary N) is 2. The third kappa shape index (κ3) is 3.50. The second-order valence-electron chi connectivity index (χ2n) is 5.11. The van der Waals surface area contributed by atoms with Crippen molar-refractivity contribution in [2.45, 2.75) is 31.6 Å². The lowest BCUT2D eigenvalue weighted by molar-refractivity contribution is 0.642. The van der Waals surface area contributed by atoms with Gasteiger partial charge in [-0.2, -0.15) is 0 Å². The first-order valence-corrected chi connectivity index (χ1v) is 7.71. The monoisotopic (exact) mass is 323 g/mol. The van der Waals surface area contributed by atoms with Gasteiger partial charge in [0.05, 0.1) is 0 Å². The van der Waals surface area contributed by atoms with Gasteiger partial charge in [-0.25, -0.2) is 0 Å². The molecule has 1 fully saturated rings. The zero-order chi connectivity index (χ0) is 13.7. The minimum Gasteiger partial charge on any atom is -0.356 e. The summed E-state index contributed by atoms with van der Waals surface area (Å²) in [6.07, 6.45) is 3.59. The molecule has 0 bridgehead atoms. The normalized spacial score (nSPS) is 17.1. The Balaban J connectivity index is 1.97. The van der Waals surface area contributed by atoms with E-state index in [2.05, 4.69) is 62.7 Å². The number of rotatable bonds is 5. The van der Waals surface area contributed by atoms with Crippen LogP contribution in [-0.4, -0.2) is 26.1 Å². The van der Waals surface area contributed by atoms with E-state index in [1.807, 2.05) is 7.05 Å². The molecule has 104 valence electrons. The number of nitrogens with zero attached hydrogens (tertiary/aromatic N) is 1. The van der Waals surface area contributed by atoms with Crippen molar-refractivity contribution < 1.29 is 0 Å². The fourth-order valence-corrected chi connectivity index (χ4v) is 3.01. The van der Waals surface area contributed by atoms with Crippen LogP contribution in [0.15, 0.2) is 33.7 Å². The lowest BCUT2D eigenvalue weighted by Crippen LogP contribution is -2.41. The molecule has 0 aliphatic heterocycles. The van der Waals surface area contributed by atoms with E-state index in [0.29, 0.717) is 0 Å². The molecular weight excluding hydrogens is 302 g/mol. The van der Waals surface area contributed by atoms with Gasteiger partial charge in [-0.3, -0.25) is 4.99 Å². The molecule has 0 aromatic heterocycles. The zero-order valence-electron chi connectivity index (χ0n) is 11.7. The Morgan fingerprint density at radius 3 is 2.63 bits per heavy atom. The molecule has 0 unspecified atom stereocenters. The maximum Gasteiger partial charge on any atom is 0.191 e. The third-order valence-electron chi connectivity index (χ3n) is 3.66. The summed E-state index contributed by atoms with van der Waals surface area (Å²) in [7, 11) is 1.82. The second kappa shape index (κ2) is 6.42. The van der Waals surface area contributed by atoms with Crippen LogP contribution < -0.4 is 10.6 Å². The Kier molecular flexibility index (Phi) is 4.86. The van der Waals surface area contributed by atoms with Crippen LogP contribution in [0.2, 0.25) is 0 Å². The van der Waals surface area contributed by atoms with Crippen molar-refractivity contribution in [1.29, 1.82) is 0 Å². The largest absolute Gasteiger partial charge is 0.356 e. The van der Waals surface area contributed by atoms with E-state index in [9.17, 15) is 0 Å². The molecule has 0 heterocycles. The topological polar surface area (TPSA) is 36.4 Å². The first-order valence-electron chi connectivity index (χ1n) is 6.91. The SMILES string of the molecule is CCCNC(=NC)NCC1(c2ccccc2Br)CC1. The van der Waals surface area contributed by atoms with Crippen LogP contribution in [0.5, 0.6) is 0 Å². The summed E-state index contributed by atoms with van der Waals surface area (Å²) in [5.74, 6) is 0.903. The molecule has 1 aromatic carbocycles. The molecule has 0 saturated heterocycles. The summed E-state index contributed by atoms with van der Waals surface area (Å²) in [5.41, 5.74) is 1.69. The second-order valence-corrected chi connectivity index (χ2v) is 5.97. The van der Waals surface area contributed by atoms with Gasteiger partial charge in [-0.15, -0.1) is 0 Å². The molecule has 1 aliphatic rings. The number of guanidine groups is 1. The van der Waals surface area contributed by atoms with Gasteiger partial charge in [0.2, 0.25) is 0 Å². The molecule has 3 nitrogen and oxygen atoms in total. The molecule has 19 heavy (non-hydrogen) atoms. The molecule has 0 amide bonds. The number of hydrogen-bond donors (Lipinski definition) is 2. The van der Waals surface area contributed by atoms with Gasteiger partial charge >= 0.3 is 0 Å². The van der Waals surface area contributed by atoms with Gasteiger partial charge in [0.1, 0.15) is 0 Å². The highest BCUT2D eigenvalue weighted by Gasteiger charge is 2.45. The molecule has 2 rings (SSSR count). The molecule has 0 spiro atoms. The van der Waals surface area contributed by atoms with Crippen molar-refractivity contribution in [2.75, 3.05) is 20.1 Å². The Hall–Kier alpha value is -1.03. The van der Waals surface area contributed by atoms with Crippen molar-refractivity contribution in [1.82, 2.24) is 10.6 Å². The van der Waals surface area contributed by atoms with Crippen molar-refractivity contribution in [2.24, 2.45) is 4.99 Å². The predicted octanol–water partition coefficient (Wildman–Crippen LogP) is 3.06. The third-order valence-corrected chi connectivity index (χ3v) is 4.35. The van der Waals surface area contributed by atoms with E-state index >= 15 is 0 Å². The van der Waals surface area contributed by atoms with E-state index in [0.717, 1.165) is 25.5 Å². The van der Waals surface area contributed by atoms with Gasteiger partial charge in [0, 0.05) is 30.0 Å². The Bertz CT molecular complexity index is 452. The van der Waals surface area contributed by atoms with Crippen LogP contribution in [0.1, 0.15) is 31.7 Å². The van der Waals surface area contributed by atoms with E-state index < -0.39 is 0 Å². The van der Waals surface area contributed by atoms with Crippen molar-refractivity contribution in [3.63, 3.8) is 0 Å². The van der Waals surface area contributed by atoms with Gasteiger partial charge in [-0.1, -0.05) is 41.1 Å². The van der Waals surface area contributed by atoms with Crippen LogP contribution in [-0.2, 0) is 5.41 Å².